The van der Waals surface area contributed by atoms with E-state index in [1.807, 2.05) is 24.4 Å². The molecular formula is C11H10N6O. The fourth-order valence-electron chi connectivity index (χ4n) is 1.61. The molecule has 3 aromatic heterocycles. The Hall–Kier alpha value is -2.70. The average Bonchev–Trinajstić information content (AvgIpc) is 2.95. The topological polar surface area (TPSA) is 88.0 Å². The lowest BCUT2D eigenvalue weighted by atomic mass is 10.4. The van der Waals surface area contributed by atoms with Crippen molar-refractivity contribution in [2.75, 3.05) is 5.32 Å². The molecule has 7 heteroatoms. The van der Waals surface area contributed by atoms with Gasteiger partial charge in [0.1, 0.15) is 17.2 Å². The number of hydrogen-bond donors (Lipinski definition) is 2. The summed E-state index contributed by atoms with van der Waals surface area (Å²) >= 11 is 0. The number of carbonyl (C=O) groups excluding carboxylic acids is 1. The lowest BCUT2D eigenvalue weighted by Gasteiger charge is -1.95. The summed E-state index contributed by atoms with van der Waals surface area (Å²) in [6.07, 6.45) is 3.49. The Morgan fingerprint density at radius 1 is 1.39 bits per heavy atom. The van der Waals surface area contributed by atoms with Crippen LogP contribution in [-0.2, 0) is 0 Å². The molecule has 0 unspecified atom stereocenters. The van der Waals surface area contributed by atoms with Crippen LogP contribution in [0.2, 0.25) is 0 Å². The largest absolute Gasteiger partial charge is 0.306 e. The molecule has 0 aromatic carbocycles. The van der Waals surface area contributed by atoms with Crippen molar-refractivity contribution in [2.24, 2.45) is 0 Å². The zero-order chi connectivity index (χ0) is 12.5. The number of hydrogen-bond acceptors (Lipinski definition) is 4. The summed E-state index contributed by atoms with van der Waals surface area (Å²) < 4.78 is 1.78. The minimum atomic E-state index is -0.335. The number of H-pyrrole nitrogens is 1. The van der Waals surface area contributed by atoms with Gasteiger partial charge < -0.3 is 4.40 Å². The normalized spacial score (nSPS) is 10.7. The highest BCUT2D eigenvalue weighted by molar-refractivity contribution is 6.02. The van der Waals surface area contributed by atoms with Crippen LogP contribution in [0.15, 0.2) is 30.6 Å². The standard InChI is InChI=1S/C11H10N6O/c1-7-12-11(16-15-7)14-10(18)8-6-17-5-3-2-4-9(17)13-8/h2-6H,1H3,(H2,12,14,15,16,18). The molecule has 3 rings (SSSR count). The number of rotatable bonds is 2. The Labute approximate surface area is 102 Å². The van der Waals surface area contributed by atoms with Gasteiger partial charge in [-0.3, -0.25) is 15.2 Å². The minimum Gasteiger partial charge on any atom is -0.306 e. The number of carbonyl (C=O) groups is 1. The fourth-order valence-corrected chi connectivity index (χ4v) is 1.61. The zero-order valence-corrected chi connectivity index (χ0v) is 9.58. The van der Waals surface area contributed by atoms with Crippen LogP contribution in [0, 0.1) is 6.92 Å². The third-order valence-electron chi connectivity index (χ3n) is 2.42. The molecule has 0 saturated heterocycles. The molecule has 7 nitrogen and oxygen atoms in total. The van der Waals surface area contributed by atoms with Crippen LogP contribution >= 0.6 is 0 Å². The van der Waals surface area contributed by atoms with E-state index in [1.165, 1.54) is 0 Å². The highest BCUT2D eigenvalue weighted by Crippen LogP contribution is 2.06. The van der Waals surface area contributed by atoms with Crippen molar-refractivity contribution in [3.63, 3.8) is 0 Å². The second kappa shape index (κ2) is 3.95. The van der Waals surface area contributed by atoms with Gasteiger partial charge >= 0.3 is 0 Å². The van der Waals surface area contributed by atoms with Gasteiger partial charge in [-0.05, 0) is 19.1 Å². The van der Waals surface area contributed by atoms with Gasteiger partial charge in [-0.25, -0.2) is 4.98 Å². The minimum absolute atomic E-state index is 0.245. The number of pyridine rings is 1. The highest BCUT2D eigenvalue weighted by Gasteiger charge is 2.12. The van der Waals surface area contributed by atoms with E-state index in [1.54, 1.807) is 17.5 Å². The van der Waals surface area contributed by atoms with Crippen LogP contribution in [0.4, 0.5) is 5.95 Å². The number of aromatic amines is 1. The SMILES string of the molecule is Cc1nc(NC(=O)c2cn3ccccc3n2)n[nH]1. The van der Waals surface area contributed by atoms with Gasteiger partial charge in [-0.2, -0.15) is 4.98 Å². The number of amides is 1. The van der Waals surface area contributed by atoms with E-state index in [-0.39, 0.29) is 11.9 Å². The van der Waals surface area contributed by atoms with Crippen LogP contribution in [0.1, 0.15) is 16.3 Å². The van der Waals surface area contributed by atoms with E-state index in [4.69, 9.17) is 0 Å². The summed E-state index contributed by atoms with van der Waals surface area (Å²) in [7, 11) is 0. The monoisotopic (exact) mass is 242 g/mol. The first kappa shape index (κ1) is 10.5. The number of fused-ring (bicyclic) bond motifs is 1. The van der Waals surface area contributed by atoms with E-state index >= 15 is 0 Å². The first-order chi connectivity index (χ1) is 8.72. The Balaban J connectivity index is 1.87. The lowest BCUT2D eigenvalue weighted by Crippen LogP contribution is -2.13. The summed E-state index contributed by atoms with van der Waals surface area (Å²) in [4.78, 5) is 20.1. The number of aromatic nitrogens is 5. The molecule has 0 bridgehead atoms. The Morgan fingerprint density at radius 3 is 3.00 bits per heavy atom. The van der Waals surface area contributed by atoms with Crippen LogP contribution < -0.4 is 5.32 Å². The average molecular weight is 242 g/mol. The molecule has 90 valence electrons. The third-order valence-corrected chi connectivity index (χ3v) is 2.42. The lowest BCUT2D eigenvalue weighted by molar-refractivity contribution is 0.102. The van der Waals surface area contributed by atoms with Crippen molar-refractivity contribution in [2.45, 2.75) is 6.92 Å². The molecule has 0 atom stereocenters. The van der Waals surface area contributed by atoms with Gasteiger partial charge in [0.25, 0.3) is 5.91 Å². The van der Waals surface area contributed by atoms with Gasteiger partial charge in [-0.1, -0.05) is 6.07 Å². The quantitative estimate of drug-likeness (QED) is 0.702. The van der Waals surface area contributed by atoms with E-state index in [2.05, 4.69) is 25.5 Å². The van der Waals surface area contributed by atoms with Crippen LogP contribution in [-0.4, -0.2) is 30.5 Å². The van der Waals surface area contributed by atoms with Crippen molar-refractivity contribution in [1.29, 1.82) is 0 Å². The van der Waals surface area contributed by atoms with Gasteiger partial charge in [0.2, 0.25) is 5.95 Å². The molecule has 0 spiro atoms. The number of aryl methyl sites for hydroxylation is 1. The second-order valence-corrected chi connectivity index (χ2v) is 3.79. The smallest absolute Gasteiger partial charge is 0.278 e. The van der Waals surface area contributed by atoms with E-state index in [9.17, 15) is 4.79 Å². The van der Waals surface area contributed by atoms with Crippen molar-refractivity contribution in [1.82, 2.24) is 24.6 Å². The predicted octanol–water partition coefficient (Wildman–Crippen LogP) is 1.01. The van der Waals surface area contributed by atoms with Crippen molar-refractivity contribution >= 4 is 17.5 Å². The molecule has 0 fully saturated rings. The summed E-state index contributed by atoms with van der Waals surface area (Å²) in [5.41, 5.74) is 1.04. The van der Waals surface area contributed by atoms with E-state index < -0.39 is 0 Å². The first-order valence-electron chi connectivity index (χ1n) is 5.36. The van der Waals surface area contributed by atoms with Gasteiger partial charge in [0, 0.05) is 12.4 Å². The Morgan fingerprint density at radius 2 is 2.28 bits per heavy atom. The van der Waals surface area contributed by atoms with E-state index in [0.717, 1.165) is 0 Å². The fraction of sp³-hybridized carbons (Fsp3) is 0.0909. The van der Waals surface area contributed by atoms with Gasteiger partial charge in [0.05, 0.1) is 0 Å². The molecule has 0 saturated carbocycles. The van der Waals surface area contributed by atoms with Crippen LogP contribution in [0.3, 0.4) is 0 Å². The molecule has 0 aliphatic heterocycles. The summed E-state index contributed by atoms with van der Waals surface area (Å²) in [5, 5.41) is 9.05. The molecule has 1 amide bonds. The molecule has 18 heavy (non-hydrogen) atoms. The molecule has 2 N–H and O–H groups in total. The van der Waals surface area contributed by atoms with Crippen LogP contribution in [0.25, 0.3) is 5.65 Å². The van der Waals surface area contributed by atoms with Crippen molar-refractivity contribution in [3.05, 3.63) is 42.1 Å². The molecule has 0 aliphatic carbocycles. The summed E-state index contributed by atoms with van der Waals surface area (Å²) in [6, 6.07) is 5.56. The maximum absolute atomic E-state index is 11.9. The number of anilines is 1. The predicted molar refractivity (Wildman–Crippen MR) is 64.3 cm³/mol. The van der Waals surface area contributed by atoms with Gasteiger partial charge in [-0.15, -0.1) is 5.10 Å². The molecule has 0 aliphatic rings. The molecule has 3 aromatic rings. The summed E-state index contributed by atoms with van der Waals surface area (Å²) in [6.45, 7) is 1.76. The Kier molecular flexibility index (Phi) is 2.30. The molecular weight excluding hydrogens is 232 g/mol. The van der Waals surface area contributed by atoms with Crippen LogP contribution in [0.5, 0.6) is 0 Å². The maximum Gasteiger partial charge on any atom is 0.278 e. The molecule has 0 radical (unpaired) electrons. The maximum atomic E-state index is 11.9. The van der Waals surface area contributed by atoms with E-state index in [0.29, 0.717) is 17.2 Å². The number of nitrogens with zero attached hydrogens (tertiary/aromatic N) is 4. The van der Waals surface area contributed by atoms with Gasteiger partial charge in [0.15, 0.2) is 0 Å². The second-order valence-electron chi connectivity index (χ2n) is 3.79. The zero-order valence-electron chi connectivity index (χ0n) is 9.58. The third kappa shape index (κ3) is 1.81. The Bertz CT molecular complexity index is 680. The summed E-state index contributed by atoms with van der Waals surface area (Å²) in [5.74, 6) is 0.549. The first-order valence-corrected chi connectivity index (χ1v) is 5.36. The highest BCUT2D eigenvalue weighted by atomic mass is 16.2. The molecule has 3 heterocycles. The number of nitrogens with one attached hydrogen (secondary N) is 2. The van der Waals surface area contributed by atoms with Crippen molar-refractivity contribution in [3.8, 4) is 0 Å². The van der Waals surface area contributed by atoms with Crippen molar-refractivity contribution < 1.29 is 4.79 Å². The number of imidazole rings is 1.